The number of benzene rings is 1. The SMILES string of the molecule is C[C@H](N)c1ccc(SC2CCOCC2)c(Br)c1. The van der Waals surface area contributed by atoms with Crippen molar-refractivity contribution in [1.82, 2.24) is 0 Å². The van der Waals surface area contributed by atoms with E-state index >= 15 is 0 Å². The van der Waals surface area contributed by atoms with E-state index in [4.69, 9.17) is 10.5 Å². The summed E-state index contributed by atoms with van der Waals surface area (Å²) < 4.78 is 6.53. The highest BCUT2D eigenvalue weighted by atomic mass is 79.9. The summed E-state index contributed by atoms with van der Waals surface area (Å²) in [5.41, 5.74) is 7.05. The fraction of sp³-hybridized carbons (Fsp3) is 0.538. The summed E-state index contributed by atoms with van der Waals surface area (Å²) in [5.74, 6) is 0. The van der Waals surface area contributed by atoms with Crippen LogP contribution >= 0.6 is 27.7 Å². The summed E-state index contributed by atoms with van der Waals surface area (Å²) in [4.78, 5) is 1.31. The first-order valence-electron chi connectivity index (χ1n) is 5.96. The summed E-state index contributed by atoms with van der Waals surface area (Å²) in [6.45, 7) is 3.80. The molecular formula is C13H18BrNOS. The average molecular weight is 316 g/mol. The second-order valence-corrected chi connectivity index (χ2v) is 6.60. The fourth-order valence-electron chi connectivity index (χ4n) is 1.87. The van der Waals surface area contributed by atoms with Crippen LogP contribution in [0.25, 0.3) is 0 Å². The minimum Gasteiger partial charge on any atom is -0.381 e. The number of ether oxygens (including phenoxy) is 1. The van der Waals surface area contributed by atoms with E-state index in [9.17, 15) is 0 Å². The van der Waals surface area contributed by atoms with Gasteiger partial charge < -0.3 is 10.5 Å². The number of halogens is 1. The number of hydrogen-bond donors (Lipinski definition) is 1. The van der Waals surface area contributed by atoms with Crippen molar-refractivity contribution in [1.29, 1.82) is 0 Å². The zero-order chi connectivity index (χ0) is 12.3. The molecule has 1 aromatic rings. The molecule has 1 saturated heterocycles. The molecule has 1 heterocycles. The Morgan fingerprint density at radius 1 is 1.41 bits per heavy atom. The van der Waals surface area contributed by atoms with E-state index in [1.54, 1.807) is 0 Å². The first kappa shape index (κ1) is 13.4. The van der Waals surface area contributed by atoms with Crippen molar-refractivity contribution in [2.75, 3.05) is 13.2 Å². The monoisotopic (exact) mass is 315 g/mol. The van der Waals surface area contributed by atoms with Crippen molar-refractivity contribution < 1.29 is 4.74 Å². The van der Waals surface area contributed by atoms with Crippen LogP contribution in [0.5, 0.6) is 0 Å². The van der Waals surface area contributed by atoms with E-state index in [-0.39, 0.29) is 6.04 Å². The van der Waals surface area contributed by atoms with Gasteiger partial charge in [0.25, 0.3) is 0 Å². The van der Waals surface area contributed by atoms with Gasteiger partial charge in [0.05, 0.1) is 0 Å². The second kappa shape index (κ2) is 6.23. The van der Waals surface area contributed by atoms with Crippen LogP contribution in [0.4, 0.5) is 0 Å². The fourth-order valence-corrected chi connectivity index (χ4v) is 3.65. The summed E-state index contributed by atoms with van der Waals surface area (Å²) in [6, 6.07) is 6.51. The van der Waals surface area contributed by atoms with E-state index in [1.807, 2.05) is 18.7 Å². The van der Waals surface area contributed by atoms with Gasteiger partial charge in [0.1, 0.15) is 0 Å². The Morgan fingerprint density at radius 2 is 2.12 bits per heavy atom. The Balaban J connectivity index is 2.05. The molecule has 1 aliphatic heterocycles. The molecule has 2 N–H and O–H groups in total. The molecule has 0 spiro atoms. The van der Waals surface area contributed by atoms with Crippen molar-refractivity contribution in [2.45, 2.75) is 36.0 Å². The largest absolute Gasteiger partial charge is 0.381 e. The van der Waals surface area contributed by atoms with Crippen molar-refractivity contribution in [3.8, 4) is 0 Å². The first-order chi connectivity index (χ1) is 8.16. The van der Waals surface area contributed by atoms with Gasteiger partial charge in [0.15, 0.2) is 0 Å². The zero-order valence-electron chi connectivity index (χ0n) is 9.99. The lowest BCUT2D eigenvalue weighted by molar-refractivity contribution is 0.100. The minimum atomic E-state index is 0.0911. The smallest absolute Gasteiger partial charge is 0.0476 e. The quantitative estimate of drug-likeness (QED) is 0.922. The molecule has 4 heteroatoms. The third-order valence-electron chi connectivity index (χ3n) is 2.94. The van der Waals surface area contributed by atoms with Crippen LogP contribution in [0.15, 0.2) is 27.6 Å². The van der Waals surface area contributed by atoms with Crippen molar-refractivity contribution in [3.05, 3.63) is 28.2 Å². The lowest BCUT2D eigenvalue weighted by Gasteiger charge is -2.22. The van der Waals surface area contributed by atoms with E-state index in [0.29, 0.717) is 5.25 Å². The summed E-state index contributed by atoms with van der Waals surface area (Å²) >= 11 is 5.58. The van der Waals surface area contributed by atoms with Crippen LogP contribution < -0.4 is 5.73 Å². The Kier molecular flexibility index (Phi) is 4.91. The van der Waals surface area contributed by atoms with Crippen molar-refractivity contribution in [2.24, 2.45) is 5.73 Å². The highest BCUT2D eigenvalue weighted by molar-refractivity contribution is 9.10. The standard InChI is InChI=1S/C13H18BrNOS/c1-9(15)10-2-3-13(12(14)8-10)17-11-4-6-16-7-5-11/h2-3,8-9,11H,4-7,15H2,1H3/t9-/m0/s1. The molecule has 0 amide bonds. The predicted octanol–water partition coefficient (Wildman–Crippen LogP) is 3.74. The lowest BCUT2D eigenvalue weighted by Crippen LogP contribution is -2.17. The van der Waals surface area contributed by atoms with Crippen LogP contribution in [-0.2, 0) is 4.74 Å². The van der Waals surface area contributed by atoms with Gasteiger partial charge in [-0.15, -0.1) is 11.8 Å². The molecule has 17 heavy (non-hydrogen) atoms. The predicted molar refractivity (Wildman–Crippen MR) is 76.4 cm³/mol. The molecule has 1 aliphatic rings. The van der Waals surface area contributed by atoms with Crippen molar-refractivity contribution in [3.63, 3.8) is 0 Å². The van der Waals surface area contributed by atoms with Crippen LogP contribution in [0.3, 0.4) is 0 Å². The van der Waals surface area contributed by atoms with Gasteiger partial charge in [-0.3, -0.25) is 0 Å². The molecule has 1 aromatic carbocycles. The third kappa shape index (κ3) is 3.71. The molecular weight excluding hydrogens is 298 g/mol. The average Bonchev–Trinajstić information content (AvgIpc) is 2.33. The number of nitrogens with two attached hydrogens (primary N) is 1. The zero-order valence-corrected chi connectivity index (χ0v) is 12.4. The topological polar surface area (TPSA) is 35.2 Å². The number of hydrogen-bond acceptors (Lipinski definition) is 3. The van der Waals surface area contributed by atoms with Gasteiger partial charge in [0, 0.05) is 33.9 Å². The summed E-state index contributed by atoms with van der Waals surface area (Å²) in [5, 5.41) is 0.682. The highest BCUT2D eigenvalue weighted by Crippen LogP contribution is 2.35. The Bertz CT molecular complexity index is 378. The summed E-state index contributed by atoms with van der Waals surface area (Å²) in [7, 11) is 0. The van der Waals surface area contributed by atoms with Crippen LogP contribution in [0.2, 0.25) is 0 Å². The molecule has 0 radical (unpaired) electrons. The normalized spacial score (nSPS) is 19.2. The van der Waals surface area contributed by atoms with Gasteiger partial charge >= 0.3 is 0 Å². The maximum atomic E-state index is 5.87. The lowest BCUT2D eigenvalue weighted by atomic mass is 10.1. The van der Waals surface area contributed by atoms with Crippen LogP contribution in [-0.4, -0.2) is 18.5 Å². The molecule has 1 fully saturated rings. The van der Waals surface area contributed by atoms with Gasteiger partial charge in [-0.1, -0.05) is 6.07 Å². The van der Waals surface area contributed by atoms with E-state index in [0.717, 1.165) is 30.5 Å². The molecule has 0 aromatic heterocycles. The van der Waals surface area contributed by atoms with Gasteiger partial charge in [-0.05, 0) is 53.4 Å². The maximum Gasteiger partial charge on any atom is 0.0476 e. The Labute approximate surface area is 115 Å². The molecule has 0 bridgehead atoms. The van der Waals surface area contributed by atoms with Gasteiger partial charge in [0.2, 0.25) is 0 Å². The first-order valence-corrected chi connectivity index (χ1v) is 7.63. The van der Waals surface area contributed by atoms with Crippen molar-refractivity contribution >= 4 is 27.7 Å². The van der Waals surface area contributed by atoms with Gasteiger partial charge in [-0.25, -0.2) is 0 Å². The molecule has 1 atom stereocenters. The molecule has 2 rings (SSSR count). The van der Waals surface area contributed by atoms with E-state index < -0.39 is 0 Å². The second-order valence-electron chi connectivity index (χ2n) is 4.41. The van der Waals surface area contributed by atoms with E-state index in [1.165, 1.54) is 10.5 Å². The number of rotatable bonds is 3. The van der Waals surface area contributed by atoms with Crippen LogP contribution in [0.1, 0.15) is 31.4 Å². The summed E-state index contributed by atoms with van der Waals surface area (Å²) in [6.07, 6.45) is 2.29. The third-order valence-corrected chi connectivity index (χ3v) is 5.28. The molecule has 94 valence electrons. The molecule has 0 unspecified atom stereocenters. The Morgan fingerprint density at radius 3 is 2.71 bits per heavy atom. The maximum absolute atomic E-state index is 5.87. The van der Waals surface area contributed by atoms with Crippen LogP contribution in [0, 0.1) is 0 Å². The molecule has 2 nitrogen and oxygen atoms in total. The number of thioether (sulfide) groups is 1. The molecule has 0 aliphatic carbocycles. The minimum absolute atomic E-state index is 0.0911. The van der Waals surface area contributed by atoms with E-state index in [2.05, 4.69) is 34.1 Å². The molecule has 0 saturated carbocycles. The van der Waals surface area contributed by atoms with Gasteiger partial charge in [-0.2, -0.15) is 0 Å². The Hall–Kier alpha value is -0.0300. The highest BCUT2D eigenvalue weighted by Gasteiger charge is 2.16.